The van der Waals surface area contributed by atoms with Gasteiger partial charge in [0.05, 0.1) is 26.6 Å². The maximum absolute atomic E-state index is 13.1. The molecule has 0 aliphatic heterocycles. The summed E-state index contributed by atoms with van der Waals surface area (Å²) in [5, 5.41) is 34.9. The van der Waals surface area contributed by atoms with Crippen LogP contribution in [0.4, 0.5) is 52.7 Å². The van der Waals surface area contributed by atoms with E-state index in [0.29, 0.717) is 71.7 Å². The normalized spacial score (nSPS) is 12.6. The topological polar surface area (TPSA) is 215 Å². The van der Waals surface area contributed by atoms with E-state index in [-0.39, 0.29) is 83.7 Å². The van der Waals surface area contributed by atoms with E-state index >= 15 is 0 Å². The molecule has 2 heterocycles. The first kappa shape index (κ1) is 78.5. The van der Waals surface area contributed by atoms with Crippen LogP contribution in [-0.4, -0.2) is 108 Å². The van der Waals surface area contributed by atoms with Crippen LogP contribution in [0.5, 0.6) is 0 Å². The first-order valence-electron chi connectivity index (χ1n) is 27.1. The number of carboxylic acids is 1. The summed E-state index contributed by atoms with van der Waals surface area (Å²) in [4.78, 5) is 43.3. The predicted octanol–water partition coefficient (Wildman–Crippen LogP) is 12.1. The molecule has 0 aliphatic rings. The van der Waals surface area contributed by atoms with Gasteiger partial charge < -0.3 is 25.5 Å². The Morgan fingerprint density at radius 1 is 0.494 bits per heavy atom. The number of halogens is 12. The predicted molar refractivity (Wildman–Crippen MR) is 305 cm³/mol. The van der Waals surface area contributed by atoms with E-state index < -0.39 is 52.7 Å². The molecule has 6 rings (SSSR count). The number of carbonyl (C=O) groups excluding carboxylic acids is 1. The monoisotopic (exact) mass is 1280 g/mol. The number of carboxylic acid groups (broad SMARTS) is 1. The number of alkyl halides is 12. The van der Waals surface area contributed by atoms with Gasteiger partial charge in [0.15, 0.2) is 11.6 Å². The van der Waals surface area contributed by atoms with Gasteiger partial charge in [-0.1, -0.05) is 113 Å². The Hall–Kier alpha value is -6.58. The molecule has 26 heteroatoms. The molecule has 0 amide bonds. The zero-order valence-electron chi connectivity index (χ0n) is 50.7. The Morgan fingerprint density at radius 3 is 1.02 bits per heavy atom. The van der Waals surface area contributed by atoms with E-state index in [9.17, 15) is 72.5 Å². The minimum Gasteiger partial charge on any atom is -0.870 e. The van der Waals surface area contributed by atoms with Crippen LogP contribution in [-0.2, 0) is 42.9 Å². The number of ether oxygens (including phenoxy) is 1. The molecule has 0 radical (unpaired) electrons. The molecule has 5 N–H and O–H groups in total. The van der Waals surface area contributed by atoms with Crippen LogP contribution in [0.1, 0.15) is 127 Å². The SMILES string of the molecule is CCC(CC)(c1ccc(/C=C/C(O)(C(F)(F)F)C(F)(F)F)c(C)c1)c1ccc(-c2ncc(CC(=O)O)cn2)c(C)c1.CCOC(=O)Cc1cnc(-c2ccc(C(CC)(CC)c3ccc(/C=C/C(O)(C(F)(F)F)C(F)(F)F)c(C)c3)cc2C)nc1.COO.[Na+].[OH-]. The van der Waals surface area contributed by atoms with Gasteiger partial charge in [0.2, 0.25) is 0 Å². The van der Waals surface area contributed by atoms with Crippen LogP contribution < -0.4 is 29.6 Å². The molecule has 0 saturated carbocycles. The molecule has 0 saturated heterocycles. The molecule has 0 fully saturated rings. The average molecular weight is 1280 g/mol. The van der Waals surface area contributed by atoms with E-state index in [4.69, 9.17) is 15.1 Å². The number of hydrogen-bond donors (Lipinski definition) is 4. The third-order valence-electron chi connectivity index (χ3n) is 15.3. The minimum absolute atomic E-state index is 0. The molecule has 89 heavy (non-hydrogen) atoms. The van der Waals surface area contributed by atoms with E-state index in [2.05, 4.69) is 24.8 Å². The number of aliphatic hydroxyl groups is 2. The third-order valence-corrected chi connectivity index (χ3v) is 15.3. The molecule has 0 bridgehead atoms. The molecule has 480 valence electrons. The Labute approximate surface area is 529 Å². The molecular weight excluding hydrogens is 1210 g/mol. The van der Waals surface area contributed by atoms with Crippen LogP contribution in [0.2, 0.25) is 0 Å². The average Bonchev–Trinajstić information content (AvgIpc) is 2.43. The van der Waals surface area contributed by atoms with Crippen LogP contribution in [0.3, 0.4) is 0 Å². The number of nitrogens with zero attached hydrogens (tertiary/aromatic N) is 4. The number of hydrogen-bond acceptors (Lipinski definition) is 12. The van der Waals surface area contributed by atoms with Gasteiger partial charge in [-0.2, -0.15) is 52.7 Å². The van der Waals surface area contributed by atoms with Crippen molar-refractivity contribution in [3.63, 3.8) is 0 Å². The fourth-order valence-corrected chi connectivity index (χ4v) is 10.1. The Kier molecular flexibility index (Phi) is 28.2. The van der Waals surface area contributed by atoms with E-state index in [1.807, 2.05) is 77.9 Å². The number of aromatic nitrogens is 4. The molecule has 6 aromatic rings. The van der Waals surface area contributed by atoms with Crippen LogP contribution in [0.15, 0.2) is 110 Å². The molecule has 4 aromatic carbocycles. The molecule has 0 atom stereocenters. The van der Waals surface area contributed by atoms with Gasteiger partial charge in [-0.15, -0.1) is 0 Å². The summed E-state index contributed by atoms with van der Waals surface area (Å²) in [5.74, 6) is -0.426. The van der Waals surface area contributed by atoms with Crippen molar-refractivity contribution >= 4 is 24.1 Å². The van der Waals surface area contributed by atoms with Gasteiger partial charge in [0, 0.05) is 46.7 Å². The summed E-state index contributed by atoms with van der Waals surface area (Å²) in [6, 6.07) is 21.4. The fourth-order valence-electron chi connectivity index (χ4n) is 10.1. The summed E-state index contributed by atoms with van der Waals surface area (Å²) in [6.45, 7) is 17.0. The summed E-state index contributed by atoms with van der Waals surface area (Å²) < 4.78 is 162. The first-order valence-corrected chi connectivity index (χ1v) is 27.1. The zero-order valence-corrected chi connectivity index (χ0v) is 52.7. The van der Waals surface area contributed by atoms with Crippen LogP contribution in [0, 0.1) is 27.7 Å². The standard InChI is InChI=1S/C32H34F6N2O3.C30H30F6N2O3.CH4O2.Na.H2O/c1-6-29(7-2,24-10-9-23(20(4)15-24)13-14-30(42,31(33,34)35)32(36,37)38)25-11-12-26(21(5)16-25)28-39-18-22(19-40-28)17-27(41)43-8-3;1-5-27(6-2,23-9-10-24(19(4)14-23)26-37-16-20(17-38-26)15-25(39)40)22-8-7-21(18(3)13-22)11-12-28(41,29(31,32)33)30(34,35)36;1-3-2;;/h9-16,18-19,42H,6-8,17H2,1-5H3;7-14,16-17,41H,5-6,15H2,1-4H3,(H,39,40);2H,1H3;;1H2/q;;;+1;/p-1/b14-13+;12-11+;;;. The van der Waals surface area contributed by atoms with Gasteiger partial charge in [-0.25, -0.2) is 24.8 Å². The van der Waals surface area contributed by atoms with Crippen molar-refractivity contribution in [1.29, 1.82) is 0 Å². The van der Waals surface area contributed by atoms with Crippen molar-refractivity contribution in [2.24, 2.45) is 0 Å². The van der Waals surface area contributed by atoms with E-state index in [1.54, 1.807) is 57.4 Å². The number of esters is 1. The first-order chi connectivity index (χ1) is 40.4. The molecule has 0 unspecified atom stereocenters. The second-order valence-corrected chi connectivity index (χ2v) is 20.5. The van der Waals surface area contributed by atoms with Gasteiger partial charge in [-0.3, -0.25) is 14.8 Å². The number of benzene rings is 4. The van der Waals surface area contributed by atoms with Crippen molar-refractivity contribution in [2.75, 3.05) is 13.7 Å². The molecule has 0 aliphatic carbocycles. The number of carbonyl (C=O) groups is 2. The van der Waals surface area contributed by atoms with Gasteiger partial charge in [0.1, 0.15) is 0 Å². The van der Waals surface area contributed by atoms with Crippen LogP contribution >= 0.6 is 0 Å². The maximum Gasteiger partial charge on any atom is 1.00 e. The smallest absolute Gasteiger partial charge is 0.870 e. The summed E-state index contributed by atoms with van der Waals surface area (Å²) in [6.07, 6.45) is -14.4. The fraction of sp³-hybridized carbons (Fsp3) is 0.397. The van der Waals surface area contributed by atoms with Crippen molar-refractivity contribution < 1.29 is 128 Å². The Morgan fingerprint density at radius 2 is 0.775 bits per heavy atom. The Bertz CT molecular complexity index is 3340. The van der Waals surface area contributed by atoms with Gasteiger partial charge in [-0.05, 0) is 139 Å². The number of aliphatic carboxylic acids is 1. The van der Waals surface area contributed by atoms with Crippen molar-refractivity contribution in [3.8, 4) is 22.8 Å². The largest absolute Gasteiger partial charge is 1.00 e. The number of rotatable bonds is 19. The molecule has 2 aromatic heterocycles. The third kappa shape index (κ3) is 18.1. The van der Waals surface area contributed by atoms with Gasteiger partial charge in [0.25, 0.3) is 11.2 Å². The van der Waals surface area contributed by atoms with Gasteiger partial charge >= 0.3 is 66.2 Å². The summed E-state index contributed by atoms with van der Waals surface area (Å²) >= 11 is 0. The minimum atomic E-state index is -5.94. The second kappa shape index (κ2) is 31.9. The van der Waals surface area contributed by atoms with Crippen LogP contribution in [0.25, 0.3) is 34.9 Å². The van der Waals surface area contributed by atoms with E-state index in [0.717, 1.165) is 44.5 Å². The Balaban J connectivity index is 0.000000569. The van der Waals surface area contributed by atoms with E-state index in [1.165, 1.54) is 31.6 Å². The summed E-state index contributed by atoms with van der Waals surface area (Å²) in [7, 11) is 1.18. The molecular formula is C63H69F12N4NaO9. The maximum atomic E-state index is 13.1. The van der Waals surface area contributed by atoms with Crippen molar-refractivity contribution in [2.45, 2.75) is 148 Å². The molecule has 0 spiro atoms. The van der Waals surface area contributed by atoms with Crippen molar-refractivity contribution in [1.82, 2.24) is 19.9 Å². The number of aryl methyl sites for hydroxylation is 4. The molecule has 13 nitrogen and oxygen atoms in total. The quantitative estimate of drug-likeness (QED) is 0.0195. The zero-order chi connectivity index (χ0) is 65.7. The second-order valence-electron chi connectivity index (χ2n) is 20.5. The van der Waals surface area contributed by atoms with Crippen molar-refractivity contribution in [3.05, 3.63) is 176 Å². The summed E-state index contributed by atoms with van der Waals surface area (Å²) in [5.41, 5.74) is -1.78.